The van der Waals surface area contributed by atoms with E-state index in [0.29, 0.717) is 28.9 Å². The van der Waals surface area contributed by atoms with E-state index in [1.54, 1.807) is 22.9 Å². The topological polar surface area (TPSA) is 59.3 Å². The zero-order valence-electron chi connectivity index (χ0n) is 12.5. The van der Waals surface area contributed by atoms with Crippen molar-refractivity contribution in [3.63, 3.8) is 0 Å². The van der Waals surface area contributed by atoms with Crippen molar-refractivity contribution in [1.29, 1.82) is 0 Å². The van der Waals surface area contributed by atoms with E-state index in [0.717, 1.165) is 11.3 Å². The number of aliphatic hydroxyl groups excluding tert-OH is 1. The van der Waals surface area contributed by atoms with Crippen LogP contribution < -0.4 is 10.1 Å². The molecule has 0 bridgehead atoms. The number of ether oxygens (including phenoxy) is 1. The Morgan fingerprint density at radius 2 is 2.18 bits per heavy atom. The van der Waals surface area contributed by atoms with Gasteiger partial charge in [-0.25, -0.2) is 0 Å². The Morgan fingerprint density at radius 3 is 2.86 bits per heavy atom. The van der Waals surface area contributed by atoms with Crippen LogP contribution in [0.15, 0.2) is 24.4 Å². The number of nitrogens with zero attached hydrogens (tertiary/aromatic N) is 2. The van der Waals surface area contributed by atoms with Crippen molar-refractivity contribution >= 4 is 23.2 Å². The van der Waals surface area contributed by atoms with E-state index < -0.39 is 6.10 Å². The molecule has 1 unspecified atom stereocenters. The van der Waals surface area contributed by atoms with E-state index >= 15 is 0 Å². The van der Waals surface area contributed by atoms with E-state index in [1.165, 1.54) is 0 Å². The van der Waals surface area contributed by atoms with E-state index in [2.05, 4.69) is 10.4 Å². The molecule has 0 spiro atoms. The molecule has 0 aliphatic carbocycles. The van der Waals surface area contributed by atoms with Gasteiger partial charge in [-0.2, -0.15) is 5.10 Å². The van der Waals surface area contributed by atoms with Crippen LogP contribution in [0.1, 0.15) is 11.3 Å². The molecule has 2 N–H and O–H groups in total. The van der Waals surface area contributed by atoms with Gasteiger partial charge in [0.25, 0.3) is 0 Å². The fourth-order valence-corrected chi connectivity index (χ4v) is 2.38. The number of aromatic nitrogens is 2. The minimum atomic E-state index is -0.646. The fraction of sp³-hybridized carbons (Fsp3) is 0.400. The summed E-state index contributed by atoms with van der Waals surface area (Å²) in [7, 11) is 1.88. The summed E-state index contributed by atoms with van der Waals surface area (Å²) in [5.74, 6) is 0.469. The number of nitrogens with one attached hydrogen (secondary N) is 1. The lowest BCUT2D eigenvalue weighted by atomic mass is 10.2. The number of hydrogen-bond acceptors (Lipinski definition) is 4. The molecule has 0 amide bonds. The van der Waals surface area contributed by atoms with Gasteiger partial charge in [-0.3, -0.25) is 4.68 Å². The highest BCUT2D eigenvalue weighted by molar-refractivity contribution is 6.42. The third kappa shape index (κ3) is 4.61. The molecule has 0 aliphatic rings. The molecule has 22 heavy (non-hydrogen) atoms. The van der Waals surface area contributed by atoms with Crippen molar-refractivity contribution in [1.82, 2.24) is 15.1 Å². The maximum atomic E-state index is 9.94. The van der Waals surface area contributed by atoms with Gasteiger partial charge in [-0.05, 0) is 19.1 Å². The molecule has 0 saturated heterocycles. The summed E-state index contributed by atoms with van der Waals surface area (Å²) in [5.41, 5.74) is 2.08. The molecule has 0 radical (unpaired) electrons. The number of halogens is 2. The molecule has 1 heterocycles. The first-order valence-electron chi connectivity index (χ1n) is 6.92. The molecular formula is C15H19Cl2N3O2. The third-order valence-electron chi connectivity index (χ3n) is 3.16. The van der Waals surface area contributed by atoms with Gasteiger partial charge in [0.15, 0.2) is 0 Å². The fourth-order valence-electron chi connectivity index (χ4n) is 2.04. The lowest BCUT2D eigenvalue weighted by molar-refractivity contribution is 0.106. The normalized spacial score (nSPS) is 12.4. The van der Waals surface area contributed by atoms with Crippen LogP contribution >= 0.6 is 23.2 Å². The predicted molar refractivity (Wildman–Crippen MR) is 87.6 cm³/mol. The number of aryl methyl sites for hydroxylation is 2. The number of aliphatic hydroxyl groups is 1. The maximum absolute atomic E-state index is 9.94. The second kappa shape index (κ2) is 7.83. The summed E-state index contributed by atoms with van der Waals surface area (Å²) in [6.45, 7) is 3.15. The molecule has 2 aromatic rings. The molecule has 0 saturated carbocycles. The number of hydrogen-bond donors (Lipinski definition) is 2. The minimum absolute atomic E-state index is 0.138. The first-order valence-corrected chi connectivity index (χ1v) is 7.67. The first-order chi connectivity index (χ1) is 10.5. The van der Waals surface area contributed by atoms with Crippen LogP contribution in [-0.4, -0.2) is 34.1 Å². The van der Waals surface area contributed by atoms with Gasteiger partial charge in [0.2, 0.25) is 0 Å². The highest BCUT2D eigenvalue weighted by Gasteiger charge is 2.10. The van der Waals surface area contributed by atoms with Crippen molar-refractivity contribution in [2.75, 3.05) is 13.2 Å². The van der Waals surface area contributed by atoms with Crippen LogP contribution in [0.4, 0.5) is 0 Å². The summed E-state index contributed by atoms with van der Waals surface area (Å²) >= 11 is 11.9. The van der Waals surface area contributed by atoms with Crippen LogP contribution in [-0.2, 0) is 13.6 Å². The van der Waals surface area contributed by atoms with Crippen LogP contribution in [0.3, 0.4) is 0 Å². The van der Waals surface area contributed by atoms with E-state index in [1.807, 2.05) is 20.2 Å². The minimum Gasteiger partial charge on any atom is -0.489 e. The van der Waals surface area contributed by atoms with Gasteiger partial charge in [0, 0.05) is 31.9 Å². The lowest BCUT2D eigenvalue weighted by Gasteiger charge is -2.14. The second-order valence-corrected chi connectivity index (χ2v) is 5.85. The highest BCUT2D eigenvalue weighted by atomic mass is 35.5. The van der Waals surface area contributed by atoms with Gasteiger partial charge in [-0.1, -0.05) is 29.3 Å². The molecular weight excluding hydrogens is 325 g/mol. The molecule has 7 heteroatoms. The SMILES string of the molecule is Cc1nn(C)cc1CNCC(O)COc1cccc(Cl)c1Cl. The molecule has 1 aromatic heterocycles. The first kappa shape index (κ1) is 17.1. The molecule has 120 valence electrons. The quantitative estimate of drug-likeness (QED) is 0.811. The van der Waals surface area contributed by atoms with Crippen molar-refractivity contribution in [3.8, 4) is 5.75 Å². The van der Waals surface area contributed by atoms with Crippen LogP contribution in [0.25, 0.3) is 0 Å². The largest absolute Gasteiger partial charge is 0.489 e. The average molecular weight is 344 g/mol. The molecule has 0 aliphatic heterocycles. The molecule has 5 nitrogen and oxygen atoms in total. The van der Waals surface area contributed by atoms with E-state index in [-0.39, 0.29) is 6.61 Å². The maximum Gasteiger partial charge on any atom is 0.139 e. The zero-order chi connectivity index (χ0) is 16.1. The Kier molecular flexibility index (Phi) is 6.08. The van der Waals surface area contributed by atoms with Crippen molar-refractivity contribution in [2.45, 2.75) is 19.6 Å². The Labute approximate surface area is 139 Å². The Balaban J connectivity index is 1.75. The van der Waals surface area contributed by atoms with Crippen LogP contribution in [0.2, 0.25) is 10.0 Å². The standard InChI is InChI=1S/C15H19Cl2N3O2/c1-10-11(8-20(2)19-10)6-18-7-12(21)9-22-14-5-3-4-13(16)15(14)17/h3-5,8,12,18,21H,6-7,9H2,1-2H3. The third-order valence-corrected chi connectivity index (χ3v) is 3.96. The number of benzene rings is 1. The second-order valence-electron chi connectivity index (χ2n) is 5.06. The predicted octanol–water partition coefficient (Wildman–Crippen LogP) is 2.56. The Hall–Kier alpha value is -1.27. The van der Waals surface area contributed by atoms with Crippen molar-refractivity contribution in [2.24, 2.45) is 7.05 Å². The summed E-state index contributed by atoms with van der Waals surface area (Å²) in [6, 6.07) is 5.15. The van der Waals surface area contributed by atoms with Gasteiger partial charge >= 0.3 is 0 Å². The van der Waals surface area contributed by atoms with Gasteiger partial charge < -0.3 is 15.2 Å². The van der Waals surface area contributed by atoms with Gasteiger partial charge in [0.05, 0.1) is 10.7 Å². The summed E-state index contributed by atoms with van der Waals surface area (Å²) in [5, 5.41) is 18.2. The number of rotatable bonds is 7. The molecule has 0 fully saturated rings. The van der Waals surface area contributed by atoms with Gasteiger partial charge in [0.1, 0.15) is 23.5 Å². The monoisotopic (exact) mass is 343 g/mol. The molecule has 1 aromatic carbocycles. The van der Waals surface area contributed by atoms with Crippen molar-refractivity contribution < 1.29 is 9.84 Å². The van der Waals surface area contributed by atoms with Crippen LogP contribution in [0, 0.1) is 6.92 Å². The highest BCUT2D eigenvalue weighted by Crippen LogP contribution is 2.31. The summed E-state index contributed by atoms with van der Waals surface area (Å²) in [6.07, 6.45) is 1.31. The molecule has 1 atom stereocenters. The van der Waals surface area contributed by atoms with Crippen molar-refractivity contribution in [3.05, 3.63) is 45.7 Å². The smallest absolute Gasteiger partial charge is 0.139 e. The zero-order valence-corrected chi connectivity index (χ0v) is 14.0. The van der Waals surface area contributed by atoms with Crippen LogP contribution in [0.5, 0.6) is 5.75 Å². The Bertz CT molecular complexity index is 631. The van der Waals surface area contributed by atoms with Gasteiger partial charge in [-0.15, -0.1) is 0 Å². The lowest BCUT2D eigenvalue weighted by Crippen LogP contribution is -2.31. The van der Waals surface area contributed by atoms with E-state index in [4.69, 9.17) is 27.9 Å². The summed E-state index contributed by atoms with van der Waals surface area (Å²) < 4.78 is 7.26. The summed E-state index contributed by atoms with van der Waals surface area (Å²) in [4.78, 5) is 0. The molecule has 2 rings (SSSR count). The average Bonchev–Trinajstić information content (AvgIpc) is 2.79. The Morgan fingerprint density at radius 1 is 1.41 bits per heavy atom. The van der Waals surface area contributed by atoms with E-state index in [9.17, 15) is 5.11 Å².